The summed E-state index contributed by atoms with van der Waals surface area (Å²) in [6.45, 7) is 1.26. The van der Waals surface area contributed by atoms with Crippen molar-refractivity contribution in [2.45, 2.75) is 13.1 Å². The second-order valence-electron chi connectivity index (χ2n) is 2.32. The summed E-state index contributed by atoms with van der Waals surface area (Å²) in [5.41, 5.74) is -1.13. The van der Waals surface area contributed by atoms with Gasteiger partial charge in [0.2, 0.25) is 0 Å². The molecule has 0 radical (unpaired) electrons. The van der Waals surface area contributed by atoms with E-state index in [1.165, 1.54) is 6.92 Å². The average molecular weight is 179 g/mol. The number of rotatable bonds is 0. The van der Waals surface area contributed by atoms with Crippen molar-refractivity contribution < 1.29 is 17.6 Å². The summed E-state index contributed by atoms with van der Waals surface area (Å²) in [6.07, 6.45) is -3.93. The number of pyridine rings is 1. The van der Waals surface area contributed by atoms with Crippen LogP contribution in [0.3, 0.4) is 0 Å². The number of aromatic nitrogens is 1. The van der Waals surface area contributed by atoms with E-state index >= 15 is 0 Å². The second-order valence-corrected chi connectivity index (χ2v) is 2.32. The number of halogens is 4. The minimum absolute atomic E-state index is 0.0580. The van der Waals surface area contributed by atoms with Crippen LogP contribution in [0.2, 0.25) is 0 Å². The van der Waals surface area contributed by atoms with Gasteiger partial charge in [0, 0.05) is 0 Å². The van der Waals surface area contributed by atoms with Crippen molar-refractivity contribution in [3.05, 3.63) is 29.3 Å². The molecule has 0 spiro atoms. The lowest BCUT2D eigenvalue weighted by Gasteiger charge is -2.05. The first kappa shape index (κ1) is 8.96. The van der Waals surface area contributed by atoms with Gasteiger partial charge >= 0.3 is 6.18 Å². The predicted molar refractivity (Wildman–Crippen MR) is 33.9 cm³/mol. The third-order valence-electron chi connectivity index (χ3n) is 1.34. The molecule has 0 atom stereocenters. The first-order valence-corrected chi connectivity index (χ1v) is 3.10. The SMILES string of the molecule is Cc1cc(C(F)(F)F)ncc1F. The summed E-state index contributed by atoms with van der Waals surface area (Å²) in [6, 6.07) is 0.676. The van der Waals surface area contributed by atoms with Gasteiger partial charge in [-0.05, 0) is 18.6 Å². The van der Waals surface area contributed by atoms with Crippen LogP contribution in [0, 0.1) is 12.7 Å². The molecule has 1 aromatic rings. The minimum Gasteiger partial charge on any atom is -0.249 e. The first-order valence-electron chi connectivity index (χ1n) is 3.10. The van der Waals surface area contributed by atoms with E-state index < -0.39 is 17.7 Å². The van der Waals surface area contributed by atoms with E-state index in [1.807, 2.05) is 0 Å². The molecular formula is C7H5F4N. The molecule has 0 bridgehead atoms. The van der Waals surface area contributed by atoms with Gasteiger partial charge in [0.05, 0.1) is 6.20 Å². The van der Waals surface area contributed by atoms with Crippen molar-refractivity contribution in [2.24, 2.45) is 0 Å². The molecule has 0 saturated carbocycles. The standard InChI is InChI=1S/C7H5F4N/c1-4-2-6(7(9,10)11)12-3-5(4)8/h2-3H,1H3. The van der Waals surface area contributed by atoms with Crippen LogP contribution in [0.25, 0.3) is 0 Å². The fraction of sp³-hybridized carbons (Fsp3) is 0.286. The Morgan fingerprint density at radius 3 is 2.33 bits per heavy atom. The Bertz CT molecular complexity index is 292. The Hall–Kier alpha value is -1.13. The molecule has 0 unspecified atom stereocenters. The van der Waals surface area contributed by atoms with Crippen molar-refractivity contribution >= 4 is 0 Å². The summed E-state index contributed by atoms with van der Waals surface area (Å²) >= 11 is 0. The van der Waals surface area contributed by atoms with Gasteiger partial charge in [-0.3, -0.25) is 0 Å². The Morgan fingerprint density at radius 1 is 1.33 bits per heavy atom. The van der Waals surface area contributed by atoms with Crippen LogP contribution in [-0.4, -0.2) is 4.98 Å². The molecule has 0 aliphatic rings. The van der Waals surface area contributed by atoms with E-state index in [0.29, 0.717) is 12.3 Å². The second kappa shape index (κ2) is 2.73. The highest BCUT2D eigenvalue weighted by atomic mass is 19.4. The zero-order valence-corrected chi connectivity index (χ0v) is 6.11. The normalized spacial score (nSPS) is 11.8. The molecule has 1 rings (SSSR count). The molecular weight excluding hydrogens is 174 g/mol. The van der Waals surface area contributed by atoms with Crippen LogP contribution < -0.4 is 0 Å². The molecule has 66 valence electrons. The molecule has 0 N–H and O–H groups in total. The largest absolute Gasteiger partial charge is 0.433 e. The number of nitrogens with zero attached hydrogens (tertiary/aromatic N) is 1. The van der Waals surface area contributed by atoms with E-state index in [4.69, 9.17) is 0 Å². The highest BCUT2D eigenvalue weighted by Crippen LogP contribution is 2.27. The van der Waals surface area contributed by atoms with Gasteiger partial charge in [0.1, 0.15) is 11.5 Å². The summed E-state index contributed by atoms with van der Waals surface area (Å²) in [4.78, 5) is 2.91. The predicted octanol–water partition coefficient (Wildman–Crippen LogP) is 2.55. The minimum atomic E-state index is -4.50. The molecule has 12 heavy (non-hydrogen) atoms. The number of alkyl halides is 3. The maximum absolute atomic E-state index is 12.5. The van der Waals surface area contributed by atoms with Crippen molar-refractivity contribution in [2.75, 3.05) is 0 Å². The van der Waals surface area contributed by atoms with E-state index in [-0.39, 0.29) is 5.56 Å². The lowest BCUT2D eigenvalue weighted by molar-refractivity contribution is -0.141. The molecule has 1 heterocycles. The van der Waals surface area contributed by atoms with Crippen LogP contribution in [0.1, 0.15) is 11.3 Å². The topological polar surface area (TPSA) is 12.9 Å². The lowest BCUT2D eigenvalue weighted by Crippen LogP contribution is -2.08. The lowest BCUT2D eigenvalue weighted by atomic mass is 10.2. The fourth-order valence-corrected chi connectivity index (χ4v) is 0.694. The van der Waals surface area contributed by atoms with Crippen LogP contribution in [0.15, 0.2) is 12.3 Å². The van der Waals surface area contributed by atoms with Gasteiger partial charge in [-0.25, -0.2) is 9.37 Å². The van der Waals surface area contributed by atoms with E-state index in [0.717, 1.165) is 0 Å². The van der Waals surface area contributed by atoms with Crippen molar-refractivity contribution in [3.8, 4) is 0 Å². The maximum atomic E-state index is 12.5. The van der Waals surface area contributed by atoms with E-state index in [2.05, 4.69) is 4.98 Å². The van der Waals surface area contributed by atoms with E-state index in [1.54, 1.807) is 0 Å². The monoisotopic (exact) mass is 179 g/mol. The van der Waals surface area contributed by atoms with Gasteiger partial charge in [0.25, 0.3) is 0 Å². The van der Waals surface area contributed by atoms with Gasteiger partial charge in [-0.2, -0.15) is 13.2 Å². The zero-order valence-electron chi connectivity index (χ0n) is 6.11. The molecule has 1 aromatic heterocycles. The van der Waals surface area contributed by atoms with Crippen LogP contribution in [0.5, 0.6) is 0 Å². The zero-order chi connectivity index (χ0) is 9.35. The fourth-order valence-electron chi connectivity index (χ4n) is 0.694. The van der Waals surface area contributed by atoms with Crippen molar-refractivity contribution in [1.82, 2.24) is 4.98 Å². The van der Waals surface area contributed by atoms with Crippen molar-refractivity contribution in [3.63, 3.8) is 0 Å². The quantitative estimate of drug-likeness (QED) is 0.557. The summed E-state index contributed by atoms with van der Waals surface area (Å²) < 4.78 is 48.2. The third-order valence-corrected chi connectivity index (χ3v) is 1.34. The molecule has 0 saturated heterocycles. The number of hydrogen-bond acceptors (Lipinski definition) is 1. The van der Waals surface area contributed by atoms with Gasteiger partial charge in [-0.1, -0.05) is 0 Å². The molecule has 1 nitrogen and oxygen atoms in total. The van der Waals surface area contributed by atoms with Crippen LogP contribution in [0.4, 0.5) is 17.6 Å². The molecule has 0 amide bonds. The third kappa shape index (κ3) is 1.72. The molecule has 0 aliphatic carbocycles. The highest BCUT2D eigenvalue weighted by molar-refractivity contribution is 5.18. The number of hydrogen-bond donors (Lipinski definition) is 0. The molecule has 0 fully saturated rings. The summed E-state index contributed by atoms with van der Waals surface area (Å²) in [7, 11) is 0. The Balaban J connectivity index is 3.14. The number of aryl methyl sites for hydroxylation is 1. The van der Waals surface area contributed by atoms with E-state index in [9.17, 15) is 17.6 Å². The Morgan fingerprint density at radius 2 is 1.92 bits per heavy atom. The smallest absolute Gasteiger partial charge is 0.249 e. The first-order chi connectivity index (χ1) is 5.41. The van der Waals surface area contributed by atoms with Gasteiger partial charge < -0.3 is 0 Å². The highest BCUT2D eigenvalue weighted by Gasteiger charge is 2.32. The molecule has 0 aliphatic heterocycles. The maximum Gasteiger partial charge on any atom is 0.433 e. The molecule has 0 aromatic carbocycles. The van der Waals surface area contributed by atoms with Gasteiger partial charge in [-0.15, -0.1) is 0 Å². The van der Waals surface area contributed by atoms with Crippen molar-refractivity contribution in [1.29, 1.82) is 0 Å². The Kier molecular flexibility index (Phi) is 2.04. The van der Waals surface area contributed by atoms with Crippen LogP contribution in [-0.2, 0) is 6.18 Å². The molecule has 5 heteroatoms. The summed E-state index contributed by atoms with van der Waals surface area (Å²) in [5.74, 6) is -0.733. The van der Waals surface area contributed by atoms with Gasteiger partial charge in [0.15, 0.2) is 0 Å². The average Bonchev–Trinajstić information content (AvgIpc) is 1.92. The van der Waals surface area contributed by atoms with Crippen LogP contribution >= 0.6 is 0 Å². The Labute approximate surface area is 66.0 Å². The summed E-state index contributed by atoms with van der Waals surface area (Å²) in [5, 5.41) is 0.